The van der Waals surface area contributed by atoms with Gasteiger partial charge in [-0.05, 0) is 36.2 Å². The molecule has 0 saturated heterocycles. The number of nitrogens with zero attached hydrogens (tertiary/aromatic N) is 4. The standard InChI is InChI=1S/C22H21N5O2/c1-16-4-2-7-19-21(16)24-15-27(22(19)29)10-8-20(28)25-18-6-3-5-17(12-18)13-26-11-9-23-14-26/h2-7,9,11-12,14-15H,8,10,13H2,1H3,(H,25,28). The molecule has 2 aromatic heterocycles. The summed E-state index contributed by atoms with van der Waals surface area (Å²) in [5, 5.41) is 3.47. The first-order valence-electron chi connectivity index (χ1n) is 9.39. The highest BCUT2D eigenvalue weighted by atomic mass is 16.1. The molecule has 0 radical (unpaired) electrons. The Balaban J connectivity index is 1.41. The van der Waals surface area contributed by atoms with Crippen LogP contribution in [0.1, 0.15) is 17.5 Å². The summed E-state index contributed by atoms with van der Waals surface area (Å²) in [7, 11) is 0. The van der Waals surface area contributed by atoms with Crippen LogP contribution in [0.2, 0.25) is 0 Å². The molecule has 146 valence electrons. The summed E-state index contributed by atoms with van der Waals surface area (Å²) in [6.07, 6.45) is 7.07. The second kappa shape index (κ2) is 8.10. The number of nitrogens with one attached hydrogen (secondary N) is 1. The quantitative estimate of drug-likeness (QED) is 0.551. The van der Waals surface area contributed by atoms with Gasteiger partial charge in [0.05, 0.1) is 23.6 Å². The zero-order valence-corrected chi connectivity index (χ0v) is 16.1. The maximum absolute atomic E-state index is 12.6. The first kappa shape index (κ1) is 18.6. The summed E-state index contributed by atoms with van der Waals surface area (Å²) in [6, 6.07) is 13.2. The molecule has 29 heavy (non-hydrogen) atoms. The average molecular weight is 387 g/mol. The largest absolute Gasteiger partial charge is 0.333 e. The summed E-state index contributed by atoms with van der Waals surface area (Å²) >= 11 is 0. The van der Waals surface area contributed by atoms with Gasteiger partial charge in [-0.25, -0.2) is 9.97 Å². The first-order chi connectivity index (χ1) is 14.1. The number of hydrogen-bond donors (Lipinski definition) is 1. The van der Waals surface area contributed by atoms with Gasteiger partial charge in [0.1, 0.15) is 0 Å². The second-order valence-electron chi connectivity index (χ2n) is 6.95. The molecule has 0 fully saturated rings. The highest BCUT2D eigenvalue weighted by Crippen LogP contribution is 2.13. The molecule has 7 heteroatoms. The summed E-state index contributed by atoms with van der Waals surface area (Å²) < 4.78 is 3.44. The predicted octanol–water partition coefficient (Wildman–Crippen LogP) is 2.98. The van der Waals surface area contributed by atoms with Crippen molar-refractivity contribution < 1.29 is 4.79 Å². The molecular weight excluding hydrogens is 366 g/mol. The van der Waals surface area contributed by atoms with Crippen molar-refractivity contribution in [2.45, 2.75) is 26.4 Å². The smallest absolute Gasteiger partial charge is 0.261 e. The molecular formula is C22H21N5O2. The zero-order valence-electron chi connectivity index (χ0n) is 16.1. The van der Waals surface area contributed by atoms with Crippen LogP contribution >= 0.6 is 0 Å². The van der Waals surface area contributed by atoms with E-state index in [4.69, 9.17) is 0 Å². The van der Waals surface area contributed by atoms with Crippen molar-refractivity contribution >= 4 is 22.5 Å². The number of carbonyl (C=O) groups excluding carboxylic acids is 1. The van der Waals surface area contributed by atoms with Gasteiger partial charge in [0.25, 0.3) is 5.56 Å². The van der Waals surface area contributed by atoms with Crippen LogP contribution in [0.5, 0.6) is 0 Å². The fourth-order valence-electron chi connectivity index (χ4n) is 3.28. The highest BCUT2D eigenvalue weighted by molar-refractivity contribution is 5.90. The summed E-state index contributed by atoms with van der Waals surface area (Å²) in [5.41, 5.74) is 3.32. The van der Waals surface area contributed by atoms with E-state index in [1.165, 1.54) is 10.9 Å². The van der Waals surface area contributed by atoms with Gasteiger partial charge in [-0.3, -0.25) is 14.2 Å². The number of rotatable bonds is 6. The fourth-order valence-corrected chi connectivity index (χ4v) is 3.28. The number of anilines is 1. The molecule has 1 amide bonds. The van der Waals surface area contributed by atoms with E-state index in [0.717, 1.165) is 16.8 Å². The summed E-state index contributed by atoms with van der Waals surface area (Å²) in [4.78, 5) is 33.4. The first-order valence-corrected chi connectivity index (χ1v) is 9.39. The normalized spacial score (nSPS) is 10.9. The number of imidazole rings is 1. The minimum atomic E-state index is -0.152. The van der Waals surface area contributed by atoms with Crippen LogP contribution in [0, 0.1) is 6.92 Å². The van der Waals surface area contributed by atoms with E-state index in [9.17, 15) is 9.59 Å². The van der Waals surface area contributed by atoms with E-state index in [-0.39, 0.29) is 24.4 Å². The lowest BCUT2D eigenvalue weighted by Crippen LogP contribution is -2.23. The maximum Gasteiger partial charge on any atom is 0.261 e. The number of amides is 1. The van der Waals surface area contributed by atoms with Crippen LogP contribution in [0.3, 0.4) is 0 Å². The number of fused-ring (bicyclic) bond motifs is 1. The molecule has 0 saturated carbocycles. The summed E-state index contributed by atoms with van der Waals surface area (Å²) in [6.45, 7) is 2.88. The molecule has 1 N–H and O–H groups in total. The SMILES string of the molecule is Cc1cccc2c(=O)n(CCC(=O)Nc3cccc(Cn4ccnc4)c3)cnc12. The van der Waals surface area contributed by atoms with E-state index < -0.39 is 0 Å². The molecule has 4 aromatic rings. The topological polar surface area (TPSA) is 81.8 Å². The molecule has 0 spiro atoms. The van der Waals surface area contributed by atoms with Crippen LogP contribution in [0.15, 0.2) is 72.3 Å². The lowest BCUT2D eigenvalue weighted by Gasteiger charge is -2.10. The van der Waals surface area contributed by atoms with Crippen molar-refractivity contribution in [3.8, 4) is 0 Å². The molecule has 2 heterocycles. The van der Waals surface area contributed by atoms with E-state index in [2.05, 4.69) is 15.3 Å². The van der Waals surface area contributed by atoms with Crippen LogP contribution in [-0.4, -0.2) is 25.0 Å². The molecule has 0 atom stereocenters. The van der Waals surface area contributed by atoms with Crippen molar-refractivity contribution in [2.75, 3.05) is 5.32 Å². The Kier molecular flexibility index (Phi) is 5.20. The second-order valence-corrected chi connectivity index (χ2v) is 6.95. The van der Waals surface area contributed by atoms with Crippen LogP contribution in [-0.2, 0) is 17.9 Å². The molecule has 0 aliphatic carbocycles. The number of aromatic nitrogens is 4. The van der Waals surface area contributed by atoms with Gasteiger partial charge in [0.2, 0.25) is 5.91 Å². The Morgan fingerprint density at radius 1 is 1.14 bits per heavy atom. The van der Waals surface area contributed by atoms with Crippen molar-refractivity contribution in [1.29, 1.82) is 0 Å². The lowest BCUT2D eigenvalue weighted by molar-refractivity contribution is -0.116. The number of aryl methyl sites for hydroxylation is 2. The van der Waals surface area contributed by atoms with Crippen molar-refractivity contribution in [1.82, 2.24) is 19.1 Å². The summed E-state index contributed by atoms with van der Waals surface area (Å²) in [5.74, 6) is -0.152. The Hall–Kier alpha value is -3.74. The van der Waals surface area contributed by atoms with Crippen molar-refractivity contribution in [3.05, 3.63) is 89.0 Å². The van der Waals surface area contributed by atoms with Gasteiger partial charge >= 0.3 is 0 Å². The van der Waals surface area contributed by atoms with E-state index >= 15 is 0 Å². The third-order valence-electron chi connectivity index (χ3n) is 4.77. The van der Waals surface area contributed by atoms with Crippen LogP contribution in [0.25, 0.3) is 10.9 Å². The number of para-hydroxylation sites is 1. The van der Waals surface area contributed by atoms with Crippen LogP contribution < -0.4 is 10.9 Å². The minimum absolute atomic E-state index is 0.131. The molecule has 0 unspecified atom stereocenters. The molecule has 7 nitrogen and oxygen atoms in total. The minimum Gasteiger partial charge on any atom is -0.333 e. The van der Waals surface area contributed by atoms with Crippen molar-refractivity contribution in [3.63, 3.8) is 0 Å². The Bertz CT molecular complexity index is 1210. The Morgan fingerprint density at radius 2 is 2.00 bits per heavy atom. The van der Waals surface area contributed by atoms with Gasteiger partial charge in [-0.15, -0.1) is 0 Å². The molecule has 4 rings (SSSR count). The van der Waals surface area contributed by atoms with Gasteiger partial charge < -0.3 is 9.88 Å². The Morgan fingerprint density at radius 3 is 2.83 bits per heavy atom. The third kappa shape index (κ3) is 4.24. The van der Waals surface area contributed by atoms with Gasteiger partial charge in [-0.2, -0.15) is 0 Å². The monoisotopic (exact) mass is 387 g/mol. The lowest BCUT2D eigenvalue weighted by atomic mass is 10.1. The fraction of sp³-hybridized carbons (Fsp3) is 0.182. The van der Waals surface area contributed by atoms with Crippen molar-refractivity contribution in [2.24, 2.45) is 0 Å². The molecule has 0 aliphatic rings. The third-order valence-corrected chi connectivity index (χ3v) is 4.77. The number of carbonyl (C=O) groups is 1. The predicted molar refractivity (Wildman–Crippen MR) is 112 cm³/mol. The van der Waals surface area contributed by atoms with Crippen LogP contribution in [0.4, 0.5) is 5.69 Å². The highest BCUT2D eigenvalue weighted by Gasteiger charge is 2.08. The molecule has 0 bridgehead atoms. The van der Waals surface area contributed by atoms with E-state index in [1.54, 1.807) is 18.6 Å². The number of benzene rings is 2. The van der Waals surface area contributed by atoms with Gasteiger partial charge in [0.15, 0.2) is 0 Å². The molecule has 2 aromatic carbocycles. The average Bonchev–Trinajstić information content (AvgIpc) is 3.21. The number of hydrogen-bond acceptors (Lipinski definition) is 4. The van der Waals surface area contributed by atoms with E-state index in [0.29, 0.717) is 17.4 Å². The zero-order chi connectivity index (χ0) is 20.2. The van der Waals surface area contributed by atoms with E-state index in [1.807, 2.05) is 54.1 Å². The molecule has 0 aliphatic heterocycles. The van der Waals surface area contributed by atoms with Gasteiger partial charge in [-0.1, -0.05) is 24.3 Å². The maximum atomic E-state index is 12.6. The Labute approximate surface area is 167 Å². The van der Waals surface area contributed by atoms with Gasteiger partial charge in [0, 0.05) is 37.6 Å².